The molecule has 0 saturated heterocycles. The molecule has 12 heavy (non-hydrogen) atoms. The van der Waals surface area contributed by atoms with Crippen LogP contribution in [0, 0.1) is 0 Å². The Morgan fingerprint density at radius 2 is 1.92 bits per heavy atom. The van der Waals surface area contributed by atoms with E-state index in [2.05, 4.69) is 0 Å². The van der Waals surface area contributed by atoms with Crippen LogP contribution in [0.3, 0.4) is 0 Å². The minimum absolute atomic E-state index is 0.103. The second-order valence-corrected chi connectivity index (χ2v) is 2.78. The molecule has 0 bridgehead atoms. The summed E-state index contributed by atoms with van der Waals surface area (Å²) in [5.41, 5.74) is 5.33. The third-order valence-electron chi connectivity index (χ3n) is 1.65. The molecule has 0 aliphatic heterocycles. The molecule has 0 rings (SSSR count). The summed E-state index contributed by atoms with van der Waals surface area (Å²) >= 11 is 0. The zero-order chi connectivity index (χ0) is 9.23. The lowest BCUT2D eigenvalue weighted by molar-refractivity contribution is -0.143. The SMILES string of the molecule is CCC(=O)OCCCCCCN. The number of rotatable bonds is 7. The van der Waals surface area contributed by atoms with Gasteiger partial charge in [0.1, 0.15) is 0 Å². The molecule has 0 spiro atoms. The van der Waals surface area contributed by atoms with Gasteiger partial charge in [-0.3, -0.25) is 4.79 Å². The third kappa shape index (κ3) is 7.54. The van der Waals surface area contributed by atoms with E-state index in [1.807, 2.05) is 0 Å². The van der Waals surface area contributed by atoms with Crippen molar-refractivity contribution < 1.29 is 9.53 Å². The minimum atomic E-state index is -0.103. The molecular formula is C9H19NO2. The molecule has 0 fully saturated rings. The molecule has 0 aromatic rings. The van der Waals surface area contributed by atoms with Crippen molar-refractivity contribution in [2.75, 3.05) is 13.2 Å². The van der Waals surface area contributed by atoms with Gasteiger partial charge in [-0.2, -0.15) is 0 Å². The van der Waals surface area contributed by atoms with Gasteiger partial charge < -0.3 is 10.5 Å². The number of unbranched alkanes of at least 4 members (excludes halogenated alkanes) is 3. The fourth-order valence-corrected chi connectivity index (χ4v) is 0.888. The quantitative estimate of drug-likeness (QED) is 0.468. The lowest BCUT2D eigenvalue weighted by Crippen LogP contribution is -2.04. The van der Waals surface area contributed by atoms with E-state index in [-0.39, 0.29) is 5.97 Å². The fraction of sp³-hybridized carbons (Fsp3) is 0.889. The Labute approximate surface area is 74.3 Å². The molecule has 72 valence electrons. The first-order chi connectivity index (χ1) is 5.81. The molecule has 0 heterocycles. The van der Waals surface area contributed by atoms with Gasteiger partial charge in [-0.05, 0) is 19.4 Å². The number of nitrogens with two attached hydrogens (primary N) is 1. The molecule has 0 aromatic heterocycles. The average molecular weight is 173 g/mol. The number of hydrogen-bond donors (Lipinski definition) is 1. The number of hydrogen-bond acceptors (Lipinski definition) is 3. The highest BCUT2D eigenvalue weighted by atomic mass is 16.5. The maximum absolute atomic E-state index is 10.7. The minimum Gasteiger partial charge on any atom is -0.466 e. The first-order valence-electron chi connectivity index (χ1n) is 4.67. The van der Waals surface area contributed by atoms with Crippen LogP contribution in [-0.4, -0.2) is 19.1 Å². The van der Waals surface area contributed by atoms with E-state index in [1.54, 1.807) is 6.92 Å². The molecule has 0 amide bonds. The van der Waals surface area contributed by atoms with E-state index in [0.717, 1.165) is 32.2 Å². The fourth-order valence-electron chi connectivity index (χ4n) is 0.888. The summed E-state index contributed by atoms with van der Waals surface area (Å²) in [5, 5.41) is 0. The number of carbonyl (C=O) groups is 1. The summed E-state index contributed by atoms with van der Waals surface area (Å²) in [6.07, 6.45) is 4.75. The van der Waals surface area contributed by atoms with Gasteiger partial charge in [0, 0.05) is 6.42 Å². The van der Waals surface area contributed by atoms with Gasteiger partial charge >= 0.3 is 5.97 Å². The molecule has 3 nitrogen and oxygen atoms in total. The normalized spacial score (nSPS) is 9.83. The Morgan fingerprint density at radius 1 is 1.25 bits per heavy atom. The van der Waals surface area contributed by atoms with Crippen molar-refractivity contribution in [2.45, 2.75) is 39.0 Å². The van der Waals surface area contributed by atoms with Gasteiger partial charge in [0.2, 0.25) is 0 Å². The van der Waals surface area contributed by atoms with Crippen LogP contribution in [0.25, 0.3) is 0 Å². The Kier molecular flexibility index (Phi) is 8.12. The lowest BCUT2D eigenvalue weighted by atomic mass is 10.2. The molecule has 0 aliphatic rings. The van der Waals surface area contributed by atoms with Gasteiger partial charge in [-0.1, -0.05) is 19.8 Å². The van der Waals surface area contributed by atoms with Crippen LogP contribution >= 0.6 is 0 Å². The van der Waals surface area contributed by atoms with E-state index in [9.17, 15) is 4.79 Å². The van der Waals surface area contributed by atoms with Crippen molar-refractivity contribution in [1.29, 1.82) is 0 Å². The predicted molar refractivity (Wildman–Crippen MR) is 48.8 cm³/mol. The number of ether oxygens (including phenoxy) is 1. The van der Waals surface area contributed by atoms with E-state index in [1.165, 1.54) is 0 Å². The smallest absolute Gasteiger partial charge is 0.305 e. The Balaban J connectivity index is 2.95. The van der Waals surface area contributed by atoms with Crippen LogP contribution in [0.1, 0.15) is 39.0 Å². The molecule has 0 aliphatic carbocycles. The first kappa shape index (κ1) is 11.4. The van der Waals surface area contributed by atoms with Crippen LogP contribution in [0.15, 0.2) is 0 Å². The molecule has 0 unspecified atom stereocenters. The van der Waals surface area contributed by atoms with Crippen molar-refractivity contribution in [1.82, 2.24) is 0 Å². The van der Waals surface area contributed by atoms with E-state index >= 15 is 0 Å². The Hall–Kier alpha value is -0.570. The van der Waals surface area contributed by atoms with Crippen molar-refractivity contribution in [3.8, 4) is 0 Å². The van der Waals surface area contributed by atoms with Crippen LogP contribution in [0.5, 0.6) is 0 Å². The predicted octanol–water partition coefficient (Wildman–Crippen LogP) is 1.46. The van der Waals surface area contributed by atoms with Crippen LogP contribution in [0.2, 0.25) is 0 Å². The maximum Gasteiger partial charge on any atom is 0.305 e. The molecule has 0 saturated carbocycles. The summed E-state index contributed by atoms with van der Waals surface area (Å²) in [6, 6.07) is 0. The van der Waals surface area contributed by atoms with Crippen molar-refractivity contribution in [3.05, 3.63) is 0 Å². The molecule has 2 N–H and O–H groups in total. The highest BCUT2D eigenvalue weighted by Crippen LogP contribution is 1.99. The molecule has 3 heteroatoms. The van der Waals surface area contributed by atoms with Crippen LogP contribution in [-0.2, 0) is 9.53 Å². The van der Waals surface area contributed by atoms with Gasteiger partial charge in [0.05, 0.1) is 6.61 Å². The second kappa shape index (κ2) is 8.53. The van der Waals surface area contributed by atoms with Gasteiger partial charge in [-0.15, -0.1) is 0 Å². The number of esters is 1. The third-order valence-corrected chi connectivity index (χ3v) is 1.65. The molecule has 0 radical (unpaired) electrons. The Bertz CT molecular complexity index is 115. The largest absolute Gasteiger partial charge is 0.466 e. The number of carbonyl (C=O) groups excluding carboxylic acids is 1. The highest BCUT2D eigenvalue weighted by molar-refractivity contribution is 5.68. The second-order valence-electron chi connectivity index (χ2n) is 2.78. The zero-order valence-electron chi connectivity index (χ0n) is 7.84. The van der Waals surface area contributed by atoms with Gasteiger partial charge in [0.15, 0.2) is 0 Å². The van der Waals surface area contributed by atoms with Crippen LogP contribution in [0.4, 0.5) is 0 Å². The van der Waals surface area contributed by atoms with Gasteiger partial charge in [0.25, 0.3) is 0 Å². The standard InChI is InChI=1S/C9H19NO2/c1-2-9(11)12-8-6-4-3-5-7-10/h2-8,10H2,1H3. The van der Waals surface area contributed by atoms with Crippen LogP contribution < -0.4 is 5.73 Å². The summed E-state index contributed by atoms with van der Waals surface area (Å²) in [5.74, 6) is -0.103. The summed E-state index contributed by atoms with van der Waals surface area (Å²) in [6.45, 7) is 3.13. The summed E-state index contributed by atoms with van der Waals surface area (Å²) in [7, 11) is 0. The lowest BCUT2D eigenvalue weighted by Gasteiger charge is -2.02. The van der Waals surface area contributed by atoms with E-state index in [4.69, 9.17) is 10.5 Å². The van der Waals surface area contributed by atoms with Gasteiger partial charge in [-0.25, -0.2) is 0 Å². The summed E-state index contributed by atoms with van der Waals surface area (Å²) < 4.78 is 4.90. The van der Waals surface area contributed by atoms with Crippen molar-refractivity contribution in [3.63, 3.8) is 0 Å². The van der Waals surface area contributed by atoms with E-state index < -0.39 is 0 Å². The average Bonchev–Trinajstić information content (AvgIpc) is 2.10. The highest BCUT2D eigenvalue weighted by Gasteiger charge is 1.96. The van der Waals surface area contributed by atoms with Crippen molar-refractivity contribution in [2.24, 2.45) is 5.73 Å². The molecular weight excluding hydrogens is 154 g/mol. The zero-order valence-corrected chi connectivity index (χ0v) is 7.84. The van der Waals surface area contributed by atoms with E-state index in [0.29, 0.717) is 13.0 Å². The molecule has 0 atom stereocenters. The molecule has 0 aromatic carbocycles. The monoisotopic (exact) mass is 173 g/mol. The first-order valence-corrected chi connectivity index (χ1v) is 4.67. The topological polar surface area (TPSA) is 52.3 Å². The maximum atomic E-state index is 10.7. The summed E-state index contributed by atoms with van der Waals surface area (Å²) in [4.78, 5) is 10.7. The Morgan fingerprint density at radius 3 is 2.50 bits per heavy atom. The van der Waals surface area contributed by atoms with Crippen molar-refractivity contribution >= 4 is 5.97 Å².